The highest BCUT2D eigenvalue weighted by Gasteiger charge is 2.04. The van der Waals surface area contributed by atoms with Crippen LogP contribution in [0.4, 0.5) is 4.39 Å². The molecular weight excluding hydrogens is 229 g/mol. The third-order valence-electron chi connectivity index (χ3n) is 2.69. The maximum Gasteiger partial charge on any atom is 0.165 e. The Labute approximate surface area is 105 Å². The molecule has 0 unspecified atom stereocenters. The summed E-state index contributed by atoms with van der Waals surface area (Å²) in [5.74, 6) is -0.134. The SMILES string of the molecule is Cc1cc(C#N)ccc1COc1ccccc1F. The quantitative estimate of drug-likeness (QED) is 0.822. The van der Waals surface area contributed by atoms with Crippen LogP contribution in [0.2, 0.25) is 0 Å². The fraction of sp³-hybridized carbons (Fsp3) is 0.133. The van der Waals surface area contributed by atoms with E-state index in [1.807, 2.05) is 13.0 Å². The van der Waals surface area contributed by atoms with Gasteiger partial charge in [-0.25, -0.2) is 4.39 Å². The van der Waals surface area contributed by atoms with E-state index in [0.29, 0.717) is 12.2 Å². The van der Waals surface area contributed by atoms with Gasteiger partial charge in [-0.3, -0.25) is 0 Å². The second-order valence-electron chi connectivity index (χ2n) is 3.97. The molecule has 0 aliphatic carbocycles. The van der Waals surface area contributed by atoms with Gasteiger partial charge in [-0.2, -0.15) is 5.26 Å². The van der Waals surface area contributed by atoms with Crippen molar-refractivity contribution in [3.05, 3.63) is 65.0 Å². The highest BCUT2D eigenvalue weighted by atomic mass is 19.1. The monoisotopic (exact) mass is 241 g/mol. The lowest BCUT2D eigenvalue weighted by atomic mass is 10.1. The Kier molecular flexibility index (Phi) is 3.59. The topological polar surface area (TPSA) is 33.0 Å². The molecular formula is C15H12FNO. The van der Waals surface area contributed by atoms with Gasteiger partial charge in [0.2, 0.25) is 0 Å². The van der Waals surface area contributed by atoms with Crippen LogP contribution in [-0.2, 0) is 6.61 Å². The lowest BCUT2D eigenvalue weighted by Crippen LogP contribution is -1.99. The molecule has 90 valence electrons. The molecule has 3 heteroatoms. The third-order valence-corrected chi connectivity index (χ3v) is 2.69. The van der Waals surface area contributed by atoms with Crippen molar-refractivity contribution in [3.63, 3.8) is 0 Å². The number of rotatable bonds is 3. The molecule has 2 aromatic rings. The van der Waals surface area contributed by atoms with Crippen molar-refractivity contribution in [1.82, 2.24) is 0 Å². The smallest absolute Gasteiger partial charge is 0.165 e. The van der Waals surface area contributed by atoms with Crippen LogP contribution in [0.3, 0.4) is 0 Å². The molecule has 0 saturated carbocycles. The molecule has 0 aliphatic rings. The summed E-state index contributed by atoms with van der Waals surface area (Å²) in [6, 6.07) is 13.7. The molecule has 0 amide bonds. The molecule has 0 N–H and O–H groups in total. The van der Waals surface area contributed by atoms with Crippen LogP contribution < -0.4 is 4.74 Å². The Morgan fingerprint density at radius 1 is 1.22 bits per heavy atom. The van der Waals surface area contributed by atoms with Gasteiger partial charge in [-0.05, 0) is 42.3 Å². The van der Waals surface area contributed by atoms with E-state index < -0.39 is 0 Å². The van der Waals surface area contributed by atoms with Crippen LogP contribution in [0.1, 0.15) is 16.7 Å². The first kappa shape index (κ1) is 12.1. The second-order valence-corrected chi connectivity index (χ2v) is 3.97. The average molecular weight is 241 g/mol. The highest BCUT2D eigenvalue weighted by Crippen LogP contribution is 2.18. The van der Waals surface area contributed by atoms with E-state index in [1.54, 1.807) is 30.3 Å². The van der Waals surface area contributed by atoms with Crippen LogP contribution in [0.5, 0.6) is 5.75 Å². The molecule has 0 radical (unpaired) electrons. The van der Waals surface area contributed by atoms with E-state index in [1.165, 1.54) is 6.07 Å². The molecule has 2 aromatic carbocycles. The first-order chi connectivity index (χ1) is 8.70. The van der Waals surface area contributed by atoms with Gasteiger partial charge in [-0.15, -0.1) is 0 Å². The highest BCUT2D eigenvalue weighted by molar-refractivity contribution is 5.37. The fourth-order valence-corrected chi connectivity index (χ4v) is 1.64. The zero-order chi connectivity index (χ0) is 13.0. The molecule has 18 heavy (non-hydrogen) atoms. The molecule has 0 spiro atoms. The molecule has 0 heterocycles. The Morgan fingerprint density at radius 3 is 2.67 bits per heavy atom. The number of ether oxygens (including phenoxy) is 1. The molecule has 0 saturated heterocycles. The summed E-state index contributed by atoms with van der Waals surface area (Å²) in [6.07, 6.45) is 0. The molecule has 0 aromatic heterocycles. The summed E-state index contributed by atoms with van der Waals surface area (Å²) in [5.41, 5.74) is 2.52. The summed E-state index contributed by atoms with van der Waals surface area (Å²) >= 11 is 0. The van der Waals surface area contributed by atoms with E-state index in [-0.39, 0.29) is 11.6 Å². The number of hydrogen-bond acceptors (Lipinski definition) is 2. The number of para-hydroxylation sites is 1. The third kappa shape index (κ3) is 2.67. The van der Waals surface area contributed by atoms with E-state index in [2.05, 4.69) is 6.07 Å². The predicted octanol–water partition coefficient (Wildman–Crippen LogP) is 3.58. The van der Waals surface area contributed by atoms with Crippen LogP contribution in [0.15, 0.2) is 42.5 Å². The largest absolute Gasteiger partial charge is 0.486 e. The first-order valence-corrected chi connectivity index (χ1v) is 5.57. The number of halogens is 1. The minimum atomic E-state index is -0.371. The normalized spacial score (nSPS) is 9.83. The summed E-state index contributed by atoms with van der Waals surface area (Å²) in [6.45, 7) is 2.19. The molecule has 0 bridgehead atoms. The van der Waals surface area contributed by atoms with Crippen LogP contribution >= 0.6 is 0 Å². The lowest BCUT2D eigenvalue weighted by molar-refractivity contribution is 0.289. The van der Waals surface area contributed by atoms with Crippen molar-refractivity contribution >= 4 is 0 Å². The molecule has 0 fully saturated rings. The van der Waals surface area contributed by atoms with Gasteiger partial charge in [0.15, 0.2) is 11.6 Å². The van der Waals surface area contributed by atoms with Gasteiger partial charge in [0.25, 0.3) is 0 Å². The predicted molar refractivity (Wildman–Crippen MR) is 66.6 cm³/mol. The van der Waals surface area contributed by atoms with Crippen LogP contribution in [0, 0.1) is 24.1 Å². The van der Waals surface area contributed by atoms with Gasteiger partial charge in [0.05, 0.1) is 11.6 Å². The number of hydrogen-bond donors (Lipinski definition) is 0. The Bertz CT molecular complexity index is 602. The molecule has 0 aliphatic heterocycles. The second kappa shape index (κ2) is 5.33. The van der Waals surface area contributed by atoms with E-state index in [4.69, 9.17) is 10.00 Å². The summed E-state index contributed by atoms with van der Waals surface area (Å²) in [7, 11) is 0. The van der Waals surface area contributed by atoms with Gasteiger partial charge in [-0.1, -0.05) is 18.2 Å². The summed E-state index contributed by atoms with van der Waals surface area (Å²) in [5, 5.41) is 8.77. The Hall–Kier alpha value is -2.34. The number of aryl methyl sites for hydroxylation is 1. The van der Waals surface area contributed by atoms with E-state index in [0.717, 1.165) is 11.1 Å². The summed E-state index contributed by atoms with van der Waals surface area (Å²) < 4.78 is 18.8. The zero-order valence-electron chi connectivity index (χ0n) is 9.98. The van der Waals surface area contributed by atoms with Crippen LogP contribution in [0.25, 0.3) is 0 Å². The molecule has 2 nitrogen and oxygen atoms in total. The van der Waals surface area contributed by atoms with Crippen molar-refractivity contribution < 1.29 is 9.13 Å². The standard InChI is InChI=1S/C15H12FNO/c1-11-8-12(9-17)6-7-13(11)10-18-15-5-3-2-4-14(15)16/h2-8H,10H2,1H3. The lowest BCUT2D eigenvalue weighted by Gasteiger charge is -2.09. The van der Waals surface area contributed by atoms with Crippen LogP contribution in [-0.4, -0.2) is 0 Å². The average Bonchev–Trinajstić information content (AvgIpc) is 2.39. The number of nitrogens with zero attached hydrogens (tertiary/aromatic N) is 1. The Balaban J connectivity index is 2.12. The molecule has 0 atom stereocenters. The maximum atomic E-state index is 13.3. The van der Waals surface area contributed by atoms with Crippen molar-refractivity contribution in [1.29, 1.82) is 5.26 Å². The van der Waals surface area contributed by atoms with Gasteiger partial charge >= 0.3 is 0 Å². The van der Waals surface area contributed by atoms with E-state index in [9.17, 15) is 4.39 Å². The van der Waals surface area contributed by atoms with Gasteiger partial charge < -0.3 is 4.74 Å². The minimum absolute atomic E-state index is 0.237. The Morgan fingerprint density at radius 2 is 2.00 bits per heavy atom. The molecule has 2 rings (SSSR count). The van der Waals surface area contributed by atoms with Crippen molar-refractivity contribution in [2.24, 2.45) is 0 Å². The number of nitriles is 1. The van der Waals surface area contributed by atoms with Crippen molar-refractivity contribution in [3.8, 4) is 11.8 Å². The van der Waals surface area contributed by atoms with Crippen molar-refractivity contribution in [2.45, 2.75) is 13.5 Å². The van der Waals surface area contributed by atoms with E-state index >= 15 is 0 Å². The van der Waals surface area contributed by atoms with Crippen molar-refractivity contribution in [2.75, 3.05) is 0 Å². The zero-order valence-corrected chi connectivity index (χ0v) is 9.98. The fourth-order valence-electron chi connectivity index (χ4n) is 1.64. The number of benzene rings is 2. The summed E-state index contributed by atoms with van der Waals surface area (Å²) in [4.78, 5) is 0. The first-order valence-electron chi connectivity index (χ1n) is 5.57. The van der Waals surface area contributed by atoms with Gasteiger partial charge in [0, 0.05) is 0 Å². The minimum Gasteiger partial charge on any atom is -0.486 e. The maximum absolute atomic E-state index is 13.3. The van der Waals surface area contributed by atoms with Gasteiger partial charge in [0.1, 0.15) is 6.61 Å².